The van der Waals surface area contributed by atoms with Crippen LogP contribution in [-0.4, -0.2) is 25.0 Å². The Hall–Kier alpha value is -2.98. The van der Waals surface area contributed by atoms with Crippen LogP contribution in [-0.2, 0) is 14.8 Å². The van der Waals surface area contributed by atoms with Gasteiger partial charge in [0.25, 0.3) is 21.6 Å². The molecule has 0 saturated carbocycles. The number of halogens is 1. The molecule has 9 nitrogen and oxygen atoms in total. The first-order valence-electron chi connectivity index (χ1n) is 7.61. The van der Waals surface area contributed by atoms with Crippen LogP contribution < -0.4 is 9.73 Å². The highest BCUT2D eigenvalue weighted by Gasteiger charge is 2.31. The van der Waals surface area contributed by atoms with Crippen molar-refractivity contribution in [2.75, 3.05) is 9.73 Å². The lowest BCUT2D eigenvalue weighted by atomic mass is 10.2. The van der Waals surface area contributed by atoms with Gasteiger partial charge in [0.15, 0.2) is 0 Å². The third-order valence-corrected chi connectivity index (χ3v) is 5.34. The number of sulfonamides is 1. The van der Waals surface area contributed by atoms with E-state index in [1.807, 2.05) is 0 Å². The molecule has 1 amide bonds. The summed E-state index contributed by atoms with van der Waals surface area (Å²) in [6, 6.07) is 9.07. The molecule has 1 heterocycles. The molecular formula is C16H13ClN4O5S. The number of rotatable bonds is 5. The maximum Gasteiger partial charge on any atom is 0.270 e. The highest BCUT2D eigenvalue weighted by molar-refractivity contribution is 7.92. The highest BCUT2D eigenvalue weighted by atomic mass is 35.5. The van der Waals surface area contributed by atoms with Crippen LogP contribution in [0.25, 0.3) is 0 Å². The number of nitro benzene ring substituents is 1. The van der Waals surface area contributed by atoms with Gasteiger partial charge in [0, 0.05) is 28.6 Å². The van der Waals surface area contributed by atoms with E-state index >= 15 is 0 Å². The van der Waals surface area contributed by atoms with Gasteiger partial charge in [0.2, 0.25) is 0 Å². The fourth-order valence-electron chi connectivity index (χ4n) is 2.48. The van der Waals surface area contributed by atoms with Gasteiger partial charge in [-0.1, -0.05) is 11.6 Å². The van der Waals surface area contributed by atoms with Crippen molar-refractivity contribution in [1.82, 2.24) is 0 Å². The second kappa shape index (κ2) is 6.97. The molecule has 1 aliphatic heterocycles. The van der Waals surface area contributed by atoms with Gasteiger partial charge in [-0.05, 0) is 37.3 Å². The molecule has 0 aliphatic carbocycles. The zero-order valence-corrected chi connectivity index (χ0v) is 15.5. The topological polar surface area (TPSA) is 122 Å². The second-order valence-electron chi connectivity index (χ2n) is 5.74. The molecule has 27 heavy (non-hydrogen) atoms. The van der Waals surface area contributed by atoms with E-state index in [0.717, 1.165) is 17.1 Å². The first-order chi connectivity index (χ1) is 12.7. The molecule has 11 heteroatoms. The van der Waals surface area contributed by atoms with Crippen molar-refractivity contribution in [2.45, 2.75) is 18.2 Å². The average molecular weight is 409 g/mol. The van der Waals surface area contributed by atoms with Crippen molar-refractivity contribution in [3.8, 4) is 0 Å². The minimum Gasteiger partial charge on any atom is -0.280 e. The van der Waals surface area contributed by atoms with Crippen LogP contribution >= 0.6 is 11.6 Å². The normalized spacial score (nSPS) is 14.2. The van der Waals surface area contributed by atoms with Crippen LogP contribution in [0.4, 0.5) is 17.1 Å². The lowest BCUT2D eigenvalue weighted by molar-refractivity contribution is -0.385. The predicted molar refractivity (Wildman–Crippen MR) is 101 cm³/mol. The summed E-state index contributed by atoms with van der Waals surface area (Å²) in [7, 11) is -4.25. The van der Waals surface area contributed by atoms with Gasteiger partial charge < -0.3 is 0 Å². The smallest absolute Gasteiger partial charge is 0.270 e. The van der Waals surface area contributed by atoms with Gasteiger partial charge in [-0.2, -0.15) is 10.1 Å². The molecule has 0 radical (unpaired) electrons. The molecule has 1 N–H and O–H groups in total. The summed E-state index contributed by atoms with van der Waals surface area (Å²) in [6.45, 7) is 1.63. The second-order valence-corrected chi connectivity index (χ2v) is 7.83. The minimum atomic E-state index is -4.25. The fourth-order valence-corrected chi connectivity index (χ4v) is 3.87. The van der Waals surface area contributed by atoms with Gasteiger partial charge in [-0.25, -0.2) is 8.42 Å². The summed E-state index contributed by atoms with van der Waals surface area (Å²) in [5, 5.41) is 16.5. The summed E-state index contributed by atoms with van der Waals surface area (Å²) in [4.78, 5) is 22.1. The van der Waals surface area contributed by atoms with E-state index in [4.69, 9.17) is 11.6 Å². The molecule has 0 atom stereocenters. The van der Waals surface area contributed by atoms with E-state index in [0.29, 0.717) is 10.7 Å². The third-order valence-electron chi connectivity index (χ3n) is 3.68. The fraction of sp³-hybridized carbons (Fsp3) is 0.125. The zero-order chi connectivity index (χ0) is 19.8. The number of amides is 1. The molecule has 140 valence electrons. The van der Waals surface area contributed by atoms with Crippen LogP contribution in [0, 0.1) is 10.1 Å². The zero-order valence-electron chi connectivity index (χ0n) is 13.9. The number of hydrazone groups is 1. The number of carbonyl (C=O) groups excluding carboxylic acids is 1. The Morgan fingerprint density at radius 2 is 1.89 bits per heavy atom. The third kappa shape index (κ3) is 3.91. The van der Waals surface area contributed by atoms with Crippen molar-refractivity contribution in [3.05, 3.63) is 57.6 Å². The average Bonchev–Trinajstić information content (AvgIpc) is 2.94. The lowest BCUT2D eigenvalue weighted by Gasteiger charge is -2.17. The van der Waals surface area contributed by atoms with Crippen LogP contribution in [0.15, 0.2) is 52.5 Å². The van der Waals surface area contributed by atoms with Crippen LogP contribution in [0.2, 0.25) is 5.02 Å². The molecule has 0 unspecified atom stereocenters. The first kappa shape index (κ1) is 18.8. The summed E-state index contributed by atoms with van der Waals surface area (Å²) in [5.74, 6) is -0.427. The number of benzene rings is 2. The maximum absolute atomic E-state index is 12.9. The Labute approximate surface area is 159 Å². The molecule has 0 fully saturated rings. The summed E-state index contributed by atoms with van der Waals surface area (Å²) in [6.07, 6.45) is 0.0427. The minimum absolute atomic E-state index is 0.0427. The maximum atomic E-state index is 12.9. The number of nitrogens with one attached hydrogen (secondary N) is 1. The molecule has 3 rings (SSSR count). The standard InChI is InChI=1S/C16H13ClN4O5S/c1-10-8-16(22)20(18-10)14-7-6-13(21(23)24)9-15(14)27(25,26)19-12-4-2-11(17)3-5-12/h2-7,9,19H,8H2,1H3. The molecule has 0 bridgehead atoms. The van der Waals surface area contributed by atoms with Crippen molar-refractivity contribution < 1.29 is 18.1 Å². The molecule has 2 aromatic rings. The molecule has 2 aromatic carbocycles. The number of non-ortho nitro benzene ring substituents is 1. The van der Waals surface area contributed by atoms with E-state index in [-0.39, 0.29) is 17.8 Å². The number of hydrogen-bond acceptors (Lipinski definition) is 6. The van der Waals surface area contributed by atoms with Crippen molar-refractivity contribution in [1.29, 1.82) is 0 Å². The van der Waals surface area contributed by atoms with Crippen LogP contribution in [0.1, 0.15) is 13.3 Å². The van der Waals surface area contributed by atoms with Gasteiger partial charge in [0.05, 0.1) is 17.0 Å². The SMILES string of the molecule is CC1=NN(c2ccc([N+](=O)[O-])cc2S(=O)(=O)Nc2ccc(Cl)cc2)C(=O)C1. The van der Waals surface area contributed by atoms with E-state index in [9.17, 15) is 23.3 Å². The van der Waals surface area contributed by atoms with Crippen molar-refractivity contribution in [3.63, 3.8) is 0 Å². The molecular weight excluding hydrogens is 396 g/mol. The van der Waals surface area contributed by atoms with Gasteiger partial charge in [-0.15, -0.1) is 0 Å². The Bertz CT molecular complexity index is 1070. The Kier molecular flexibility index (Phi) is 4.85. The quantitative estimate of drug-likeness (QED) is 0.601. The number of anilines is 2. The Morgan fingerprint density at radius 3 is 2.44 bits per heavy atom. The van der Waals surface area contributed by atoms with Gasteiger partial charge >= 0.3 is 0 Å². The van der Waals surface area contributed by atoms with E-state index in [1.165, 1.54) is 30.3 Å². The monoisotopic (exact) mass is 408 g/mol. The van der Waals surface area contributed by atoms with Crippen LogP contribution in [0.5, 0.6) is 0 Å². The largest absolute Gasteiger partial charge is 0.280 e. The lowest BCUT2D eigenvalue weighted by Crippen LogP contribution is -2.24. The van der Waals surface area contributed by atoms with E-state index in [1.54, 1.807) is 6.92 Å². The number of carbonyl (C=O) groups is 1. The van der Waals surface area contributed by atoms with Gasteiger partial charge in [-0.3, -0.25) is 19.6 Å². The predicted octanol–water partition coefficient (Wildman–Crippen LogP) is 3.16. The highest BCUT2D eigenvalue weighted by Crippen LogP contribution is 2.33. The number of hydrogen-bond donors (Lipinski definition) is 1. The Balaban J connectivity index is 2.10. The summed E-state index contributed by atoms with van der Waals surface area (Å²) >= 11 is 5.79. The molecule has 0 aromatic heterocycles. The molecule has 1 aliphatic rings. The summed E-state index contributed by atoms with van der Waals surface area (Å²) < 4.78 is 28.1. The molecule has 0 saturated heterocycles. The van der Waals surface area contributed by atoms with Crippen LogP contribution in [0.3, 0.4) is 0 Å². The Morgan fingerprint density at radius 1 is 1.22 bits per heavy atom. The summed E-state index contributed by atoms with van der Waals surface area (Å²) in [5.41, 5.74) is 0.225. The number of nitro groups is 1. The number of nitrogens with zero attached hydrogens (tertiary/aromatic N) is 3. The first-order valence-corrected chi connectivity index (χ1v) is 9.47. The van der Waals surface area contributed by atoms with Crippen molar-refractivity contribution in [2.24, 2.45) is 5.10 Å². The van der Waals surface area contributed by atoms with E-state index < -0.39 is 31.4 Å². The van der Waals surface area contributed by atoms with Crippen molar-refractivity contribution >= 4 is 50.3 Å². The van der Waals surface area contributed by atoms with Gasteiger partial charge in [0.1, 0.15) is 4.90 Å². The van der Waals surface area contributed by atoms with E-state index in [2.05, 4.69) is 9.82 Å². The molecule has 0 spiro atoms.